The summed E-state index contributed by atoms with van der Waals surface area (Å²) < 4.78 is 24.9. The van der Waals surface area contributed by atoms with Gasteiger partial charge in [-0.25, -0.2) is 8.42 Å². The summed E-state index contributed by atoms with van der Waals surface area (Å²) in [4.78, 5) is 4.03. The van der Waals surface area contributed by atoms with Crippen molar-refractivity contribution in [1.82, 2.24) is 4.90 Å². The Morgan fingerprint density at radius 3 is 2.70 bits per heavy atom. The zero-order chi connectivity index (χ0) is 14.5. The summed E-state index contributed by atoms with van der Waals surface area (Å²) in [5, 5.41) is 0.732. The third-order valence-electron chi connectivity index (χ3n) is 3.90. The summed E-state index contributed by atoms with van der Waals surface area (Å²) in [5.41, 5.74) is 0.951. The summed E-state index contributed by atoms with van der Waals surface area (Å²) >= 11 is 9.01. The molecule has 2 aliphatic rings. The lowest BCUT2D eigenvalue weighted by atomic mass is 10.1. The van der Waals surface area contributed by atoms with Crippen LogP contribution in [-0.4, -0.2) is 48.6 Å². The number of sulfone groups is 1. The van der Waals surface area contributed by atoms with Gasteiger partial charge >= 0.3 is 0 Å². The van der Waals surface area contributed by atoms with E-state index in [-0.39, 0.29) is 23.6 Å². The van der Waals surface area contributed by atoms with Crippen LogP contribution < -0.4 is 4.90 Å². The fourth-order valence-electron chi connectivity index (χ4n) is 3.07. The average Bonchev–Trinajstić information content (AvgIpc) is 2.78. The summed E-state index contributed by atoms with van der Waals surface area (Å²) in [6, 6.07) is 7.75. The molecule has 20 heavy (non-hydrogen) atoms. The van der Waals surface area contributed by atoms with E-state index in [9.17, 15) is 8.42 Å². The average molecular weight is 375 g/mol. The Balaban J connectivity index is 2.04. The maximum absolute atomic E-state index is 12.0. The van der Waals surface area contributed by atoms with E-state index in [1.807, 2.05) is 41.0 Å². The van der Waals surface area contributed by atoms with Gasteiger partial charge in [0.15, 0.2) is 14.9 Å². The van der Waals surface area contributed by atoms with Gasteiger partial charge in [-0.15, -0.1) is 0 Å². The van der Waals surface area contributed by atoms with Crippen molar-refractivity contribution in [3.8, 4) is 0 Å². The van der Waals surface area contributed by atoms with Crippen LogP contribution in [0.25, 0.3) is 0 Å². The third-order valence-corrected chi connectivity index (χ3v) is 6.53. The molecule has 2 saturated heterocycles. The number of nitrogens with zero attached hydrogens (tertiary/aromatic N) is 2. The molecule has 1 aromatic carbocycles. The lowest BCUT2D eigenvalue weighted by Gasteiger charge is -2.25. The predicted molar refractivity (Wildman–Crippen MR) is 87.8 cm³/mol. The second kappa shape index (κ2) is 4.96. The lowest BCUT2D eigenvalue weighted by Crippen LogP contribution is -2.37. The van der Waals surface area contributed by atoms with Gasteiger partial charge in [0.2, 0.25) is 0 Å². The number of fused-ring (bicyclic) bond motifs is 1. The zero-order valence-corrected chi connectivity index (χ0v) is 14.2. The smallest absolute Gasteiger partial charge is 0.176 e. The van der Waals surface area contributed by atoms with Gasteiger partial charge < -0.3 is 9.80 Å². The highest BCUT2D eigenvalue weighted by Gasteiger charge is 2.51. The van der Waals surface area contributed by atoms with Gasteiger partial charge in [-0.05, 0) is 37.3 Å². The van der Waals surface area contributed by atoms with Gasteiger partial charge in [0, 0.05) is 16.7 Å². The highest BCUT2D eigenvalue weighted by Crippen LogP contribution is 2.35. The standard InChI is InChI=1S/C13H15BrN2O2S2/c1-2-15-11-7-20(17,18)8-12(11)16(13(15)19)10-5-3-4-9(14)6-10/h3-6,11-12H,2,7-8H2,1H3/t11-,12-/m0/s1. The van der Waals surface area contributed by atoms with E-state index in [1.54, 1.807) is 0 Å². The first-order valence-electron chi connectivity index (χ1n) is 6.49. The first kappa shape index (κ1) is 14.3. The molecule has 0 unspecified atom stereocenters. The van der Waals surface area contributed by atoms with E-state index in [2.05, 4.69) is 15.9 Å². The molecular formula is C13H15BrN2O2S2. The van der Waals surface area contributed by atoms with Gasteiger partial charge in [0.05, 0.1) is 23.6 Å². The Hall–Kier alpha value is -0.660. The van der Waals surface area contributed by atoms with Gasteiger partial charge in [-0.2, -0.15) is 0 Å². The molecule has 0 amide bonds. The van der Waals surface area contributed by atoms with E-state index >= 15 is 0 Å². The first-order valence-corrected chi connectivity index (χ1v) is 9.51. The minimum Gasteiger partial charge on any atom is -0.343 e. The van der Waals surface area contributed by atoms with Crippen LogP contribution in [0.1, 0.15) is 6.92 Å². The predicted octanol–water partition coefficient (Wildman–Crippen LogP) is 2.04. The maximum atomic E-state index is 12.0. The Morgan fingerprint density at radius 2 is 2.05 bits per heavy atom. The molecule has 7 heteroatoms. The second-order valence-electron chi connectivity index (χ2n) is 5.13. The number of rotatable bonds is 2. The van der Waals surface area contributed by atoms with Gasteiger partial charge in [-0.1, -0.05) is 22.0 Å². The van der Waals surface area contributed by atoms with E-state index in [0.29, 0.717) is 0 Å². The number of likely N-dealkylation sites (N-methyl/N-ethyl adjacent to an activating group) is 1. The summed E-state index contributed by atoms with van der Waals surface area (Å²) in [7, 11) is -2.98. The van der Waals surface area contributed by atoms with E-state index < -0.39 is 9.84 Å². The summed E-state index contributed by atoms with van der Waals surface area (Å²) in [6.45, 7) is 2.75. The number of anilines is 1. The second-order valence-corrected chi connectivity index (χ2v) is 8.56. The van der Waals surface area contributed by atoms with E-state index in [0.717, 1.165) is 21.8 Å². The largest absolute Gasteiger partial charge is 0.343 e. The van der Waals surface area contributed by atoms with Crippen molar-refractivity contribution in [3.63, 3.8) is 0 Å². The molecule has 0 spiro atoms. The SMILES string of the molecule is CCN1C(=S)N(c2cccc(Br)c2)[C@H]2CS(=O)(=O)C[C@@H]21. The molecule has 4 nitrogen and oxygen atoms in total. The number of hydrogen-bond donors (Lipinski definition) is 0. The summed E-state index contributed by atoms with van der Waals surface area (Å²) in [5.74, 6) is 0.386. The van der Waals surface area contributed by atoms with Crippen molar-refractivity contribution >= 4 is 48.8 Å². The molecule has 0 saturated carbocycles. The Labute approximate surface area is 132 Å². The molecule has 0 N–H and O–H groups in total. The normalized spacial score (nSPS) is 28.0. The number of benzene rings is 1. The highest BCUT2D eigenvalue weighted by atomic mass is 79.9. The topological polar surface area (TPSA) is 40.6 Å². The van der Waals surface area contributed by atoms with Crippen molar-refractivity contribution in [2.45, 2.75) is 19.0 Å². The van der Waals surface area contributed by atoms with Gasteiger partial charge in [0.25, 0.3) is 0 Å². The molecule has 2 fully saturated rings. The highest BCUT2D eigenvalue weighted by molar-refractivity contribution is 9.10. The van der Waals surface area contributed by atoms with Crippen LogP contribution in [0, 0.1) is 0 Å². The maximum Gasteiger partial charge on any atom is 0.176 e. The van der Waals surface area contributed by atoms with Gasteiger partial charge in [-0.3, -0.25) is 0 Å². The molecule has 1 aromatic rings. The molecule has 2 atom stereocenters. The van der Waals surface area contributed by atoms with Crippen LogP contribution in [-0.2, 0) is 9.84 Å². The van der Waals surface area contributed by atoms with Crippen molar-refractivity contribution in [2.24, 2.45) is 0 Å². The Bertz CT molecular complexity index is 662. The fourth-order valence-corrected chi connectivity index (χ4v) is 5.92. The molecular weight excluding hydrogens is 360 g/mol. The minimum atomic E-state index is -2.98. The van der Waals surface area contributed by atoms with E-state index in [4.69, 9.17) is 12.2 Å². The molecule has 0 radical (unpaired) electrons. The molecule has 2 heterocycles. The van der Waals surface area contributed by atoms with Crippen molar-refractivity contribution in [2.75, 3.05) is 23.0 Å². The van der Waals surface area contributed by atoms with Crippen molar-refractivity contribution < 1.29 is 8.42 Å². The number of thiocarbonyl (C=S) groups is 1. The Kier molecular flexibility index (Phi) is 3.54. The zero-order valence-electron chi connectivity index (χ0n) is 11.0. The number of hydrogen-bond acceptors (Lipinski definition) is 3. The first-order chi connectivity index (χ1) is 9.43. The van der Waals surface area contributed by atoms with Gasteiger partial charge in [0.1, 0.15) is 0 Å². The Morgan fingerprint density at radius 1 is 1.35 bits per heavy atom. The van der Waals surface area contributed by atoms with Crippen molar-refractivity contribution in [3.05, 3.63) is 28.7 Å². The van der Waals surface area contributed by atoms with E-state index in [1.165, 1.54) is 0 Å². The molecule has 108 valence electrons. The lowest BCUT2D eigenvalue weighted by molar-refractivity contribution is 0.373. The molecule has 0 aliphatic carbocycles. The van der Waals surface area contributed by atoms with Crippen LogP contribution >= 0.6 is 28.1 Å². The van der Waals surface area contributed by atoms with Crippen LogP contribution in [0.4, 0.5) is 5.69 Å². The summed E-state index contributed by atoms with van der Waals surface area (Å²) in [6.07, 6.45) is 0. The monoisotopic (exact) mass is 374 g/mol. The fraction of sp³-hybridized carbons (Fsp3) is 0.462. The van der Waals surface area contributed by atoms with Crippen LogP contribution in [0.3, 0.4) is 0 Å². The molecule has 0 bridgehead atoms. The quantitative estimate of drug-likeness (QED) is 0.740. The van der Waals surface area contributed by atoms with Crippen LogP contribution in [0.5, 0.6) is 0 Å². The van der Waals surface area contributed by atoms with Crippen molar-refractivity contribution in [1.29, 1.82) is 0 Å². The number of halogens is 1. The third kappa shape index (κ3) is 2.25. The molecule has 0 aromatic heterocycles. The molecule has 2 aliphatic heterocycles. The van der Waals surface area contributed by atoms with Crippen LogP contribution in [0.2, 0.25) is 0 Å². The molecule has 3 rings (SSSR count). The minimum absolute atomic E-state index is 0.0171. The van der Waals surface area contributed by atoms with Crippen LogP contribution in [0.15, 0.2) is 28.7 Å².